The zero-order valence-electron chi connectivity index (χ0n) is 9.97. The molecule has 0 aliphatic carbocycles. The van der Waals surface area contributed by atoms with Gasteiger partial charge in [0.2, 0.25) is 0 Å². The average molecular weight is 317 g/mol. The molecule has 2 aromatic rings. The van der Waals surface area contributed by atoms with E-state index < -0.39 is 0 Å². The summed E-state index contributed by atoms with van der Waals surface area (Å²) in [5.41, 5.74) is 0. The highest BCUT2D eigenvalue weighted by atomic mass is 35.5. The highest BCUT2D eigenvalue weighted by Crippen LogP contribution is 2.27. The maximum atomic E-state index is 11.9. The normalized spacial score (nSPS) is 10.3. The number of likely N-dealkylation sites (N-methyl/N-ethyl adjacent to an activating group) is 1. The minimum absolute atomic E-state index is 0.114. The van der Waals surface area contributed by atoms with Gasteiger partial charge >= 0.3 is 0 Å². The molecule has 4 nitrogen and oxygen atoms in total. The van der Waals surface area contributed by atoms with E-state index in [1.807, 2.05) is 0 Å². The Balaban J connectivity index is 1.97. The summed E-state index contributed by atoms with van der Waals surface area (Å²) in [6, 6.07) is 4.84. The van der Waals surface area contributed by atoms with Crippen LogP contribution in [0.25, 0.3) is 0 Å². The van der Waals surface area contributed by atoms with E-state index >= 15 is 0 Å². The molecule has 1 aromatic heterocycles. The molecule has 0 spiro atoms. The van der Waals surface area contributed by atoms with Crippen molar-refractivity contribution >= 4 is 45.6 Å². The molecule has 0 atom stereocenters. The molecule has 1 aromatic carbocycles. The number of nitrogens with zero attached hydrogens (tertiary/aromatic N) is 2. The lowest BCUT2D eigenvalue weighted by molar-refractivity contribution is -0.120. The van der Waals surface area contributed by atoms with E-state index in [9.17, 15) is 4.79 Å². The molecule has 0 unspecified atom stereocenters. The first-order valence-electron chi connectivity index (χ1n) is 5.32. The number of carbonyl (C=O) groups excluding carboxylic acids is 1. The third kappa shape index (κ3) is 3.59. The van der Waals surface area contributed by atoms with Crippen molar-refractivity contribution in [3.05, 3.63) is 39.8 Å². The highest BCUT2D eigenvalue weighted by molar-refractivity contribution is 7.13. The lowest BCUT2D eigenvalue weighted by Crippen LogP contribution is -2.31. The van der Waals surface area contributed by atoms with Crippen molar-refractivity contribution in [2.45, 2.75) is 0 Å². The average Bonchev–Trinajstić information content (AvgIpc) is 2.90. The van der Waals surface area contributed by atoms with Crippen molar-refractivity contribution in [2.75, 3.05) is 18.6 Å². The van der Waals surface area contributed by atoms with Crippen LogP contribution in [0.3, 0.4) is 0 Å². The van der Waals surface area contributed by atoms with E-state index in [4.69, 9.17) is 27.9 Å². The minimum Gasteiger partial charge on any atom is -0.482 e. The molecule has 0 fully saturated rings. The number of anilines is 1. The number of benzene rings is 1. The van der Waals surface area contributed by atoms with Crippen LogP contribution in [-0.2, 0) is 4.79 Å². The molecule has 19 heavy (non-hydrogen) atoms. The Morgan fingerprint density at radius 3 is 2.89 bits per heavy atom. The molecule has 0 aliphatic rings. The van der Waals surface area contributed by atoms with Gasteiger partial charge in [0.1, 0.15) is 5.75 Å². The van der Waals surface area contributed by atoms with Gasteiger partial charge in [0.15, 0.2) is 11.7 Å². The minimum atomic E-state index is -0.207. The van der Waals surface area contributed by atoms with Gasteiger partial charge in [-0.25, -0.2) is 4.98 Å². The quantitative estimate of drug-likeness (QED) is 0.867. The molecule has 0 radical (unpaired) electrons. The van der Waals surface area contributed by atoms with Gasteiger partial charge in [-0.2, -0.15) is 0 Å². The summed E-state index contributed by atoms with van der Waals surface area (Å²) < 4.78 is 5.37. The monoisotopic (exact) mass is 316 g/mol. The zero-order chi connectivity index (χ0) is 13.8. The largest absolute Gasteiger partial charge is 0.482 e. The van der Waals surface area contributed by atoms with Gasteiger partial charge in [0.25, 0.3) is 5.91 Å². The molecule has 7 heteroatoms. The van der Waals surface area contributed by atoms with Crippen LogP contribution in [0.5, 0.6) is 5.75 Å². The molecule has 1 amide bonds. The summed E-state index contributed by atoms with van der Waals surface area (Å²) in [5, 5.41) is 3.31. The molecule has 2 rings (SSSR count). The van der Waals surface area contributed by atoms with Crippen LogP contribution in [0.2, 0.25) is 10.0 Å². The van der Waals surface area contributed by atoms with Crippen molar-refractivity contribution in [3.8, 4) is 5.75 Å². The summed E-state index contributed by atoms with van der Waals surface area (Å²) in [6.07, 6.45) is 1.64. The smallest absolute Gasteiger partial charge is 0.266 e. The van der Waals surface area contributed by atoms with E-state index in [0.717, 1.165) is 0 Å². The first kappa shape index (κ1) is 14.1. The summed E-state index contributed by atoms with van der Waals surface area (Å²) in [7, 11) is 1.65. The number of aromatic nitrogens is 1. The van der Waals surface area contributed by atoms with E-state index in [0.29, 0.717) is 20.9 Å². The highest BCUT2D eigenvalue weighted by Gasteiger charge is 2.14. The molecule has 0 saturated carbocycles. The maximum Gasteiger partial charge on any atom is 0.266 e. The fourth-order valence-corrected chi connectivity index (χ4v) is 2.40. The van der Waals surface area contributed by atoms with Crippen LogP contribution in [0.1, 0.15) is 0 Å². The van der Waals surface area contributed by atoms with Gasteiger partial charge < -0.3 is 4.74 Å². The number of carbonyl (C=O) groups is 1. The van der Waals surface area contributed by atoms with Crippen molar-refractivity contribution in [1.82, 2.24) is 4.98 Å². The Labute approximate surface area is 124 Å². The molecule has 0 bridgehead atoms. The van der Waals surface area contributed by atoms with E-state index in [2.05, 4.69) is 4.98 Å². The number of rotatable bonds is 4. The van der Waals surface area contributed by atoms with Crippen LogP contribution >= 0.6 is 34.5 Å². The summed E-state index contributed by atoms with van der Waals surface area (Å²) in [4.78, 5) is 17.4. The Morgan fingerprint density at radius 1 is 1.47 bits per heavy atom. The second-order valence-corrected chi connectivity index (χ2v) is 5.35. The molecular formula is C12H10Cl2N2O2S. The Kier molecular flexibility index (Phi) is 4.63. The van der Waals surface area contributed by atoms with Gasteiger partial charge in [-0.3, -0.25) is 9.69 Å². The molecular weight excluding hydrogens is 307 g/mol. The topological polar surface area (TPSA) is 42.4 Å². The third-order valence-corrected chi connectivity index (χ3v) is 3.70. The first-order valence-corrected chi connectivity index (χ1v) is 6.95. The number of ether oxygens (including phenoxy) is 1. The standard InChI is InChI=1S/C12H10Cl2N2O2S/c1-16(12-15-4-5-19-12)11(17)7-18-10-3-2-8(13)6-9(10)14/h2-6H,7H2,1H3. The van der Waals surface area contributed by atoms with Crippen LogP contribution in [0.15, 0.2) is 29.8 Å². The zero-order valence-corrected chi connectivity index (χ0v) is 12.3. The van der Waals surface area contributed by atoms with Gasteiger partial charge in [-0.05, 0) is 18.2 Å². The summed E-state index contributed by atoms with van der Waals surface area (Å²) in [6.45, 7) is -0.114. The van der Waals surface area contributed by atoms with E-state index in [-0.39, 0.29) is 12.5 Å². The van der Waals surface area contributed by atoms with Gasteiger partial charge in [-0.1, -0.05) is 23.2 Å². The fraction of sp³-hybridized carbons (Fsp3) is 0.167. The predicted molar refractivity (Wildman–Crippen MR) is 77.5 cm³/mol. The first-order chi connectivity index (χ1) is 9.08. The number of amides is 1. The van der Waals surface area contributed by atoms with Crippen molar-refractivity contribution in [3.63, 3.8) is 0 Å². The van der Waals surface area contributed by atoms with Crippen LogP contribution in [0.4, 0.5) is 5.13 Å². The van der Waals surface area contributed by atoms with Crippen molar-refractivity contribution in [2.24, 2.45) is 0 Å². The number of hydrogen-bond acceptors (Lipinski definition) is 4. The molecule has 0 aliphatic heterocycles. The summed E-state index contributed by atoms with van der Waals surface area (Å²) >= 11 is 13.1. The lowest BCUT2D eigenvalue weighted by Gasteiger charge is -2.14. The van der Waals surface area contributed by atoms with Gasteiger partial charge in [-0.15, -0.1) is 11.3 Å². The summed E-state index contributed by atoms with van der Waals surface area (Å²) in [5.74, 6) is 0.216. The van der Waals surface area contributed by atoms with E-state index in [1.54, 1.807) is 36.8 Å². The predicted octanol–water partition coefficient (Wildman–Crippen LogP) is 3.49. The van der Waals surface area contributed by atoms with Gasteiger partial charge in [0, 0.05) is 23.6 Å². The second kappa shape index (κ2) is 6.23. The molecule has 100 valence electrons. The van der Waals surface area contributed by atoms with Gasteiger partial charge in [0.05, 0.1) is 5.02 Å². The second-order valence-electron chi connectivity index (χ2n) is 3.63. The van der Waals surface area contributed by atoms with Crippen molar-refractivity contribution in [1.29, 1.82) is 0 Å². The molecule has 0 N–H and O–H groups in total. The molecule has 0 saturated heterocycles. The van der Waals surface area contributed by atoms with Crippen LogP contribution in [0, 0.1) is 0 Å². The lowest BCUT2D eigenvalue weighted by atomic mass is 10.3. The van der Waals surface area contributed by atoms with Crippen LogP contribution in [-0.4, -0.2) is 24.5 Å². The fourth-order valence-electron chi connectivity index (χ4n) is 1.32. The molecule has 1 heterocycles. The van der Waals surface area contributed by atoms with E-state index in [1.165, 1.54) is 16.2 Å². The Morgan fingerprint density at radius 2 is 2.26 bits per heavy atom. The Hall–Kier alpha value is -1.30. The number of hydrogen-bond donors (Lipinski definition) is 0. The SMILES string of the molecule is CN(C(=O)COc1ccc(Cl)cc1Cl)c1nccs1. The van der Waals surface area contributed by atoms with Crippen LogP contribution < -0.4 is 9.64 Å². The number of halogens is 2. The number of thiazole rings is 1. The third-order valence-electron chi connectivity index (χ3n) is 2.33. The Bertz CT molecular complexity index is 575. The van der Waals surface area contributed by atoms with Crippen molar-refractivity contribution < 1.29 is 9.53 Å². The maximum absolute atomic E-state index is 11.9.